The number of hydrogen-bond donors (Lipinski definition) is 1. The lowest BCUT2D eigenvalue weighted by Gasteiger charge is -2.44. The SMILES string of the molecule is CO[C@H]1OC2COC(c3ccccc3)OC23C(O)C3C1OCc1ccccc1. The van der Waals surface area contributed by atoms with Crippen molar-refractivity contribution in [1.29, 1.82) is 0 Å². The van der Waals surface area contributed by atoms with Crippen molar-refractivity contribution in [2.45, 2.75) is 43.1 Å². The van der Waals surface area contributed by atoms with Crippen molar-refractivity contribution in [1.82, 2.24) is 0 Å². The van der Waals surface area contributed by atoms with Crippen molar-refractivity contribution in [3.05, 3.63) is 71.8 Å². The van der Waals surface area contributed by atoms with Crippen molar-refractivity contribution < 1.29 is 28.8 Å². The molecule has 2 heterocycles. The average molecular weight is 384 g/mol. The van der Waals surface area contributed by atoms with Gasteiger partial charge in [-0.2, -0.15) is 0 Å². The Kier molecular flexibility index (Phi) is 4.71. The molecule has 6 unspecified atom stereocenters. The third-order valence-corrected chi connectivity index (χ3v) is 5.94. The summed E-state index contributed by atoms with van der Waals surface area (Å²) < 4.78 is 29.9. The smallest absolute Gasteiger partial charge is 0.184 e. The van der Waals surface area contributed by atoms with Gasteiger partial charge in [-0.3, -0.25) is 0 Å². The van der Waals surface area contributed by atoms with Gasteiger partial charge < -0.3 is 28.8 Å². The van der Waals surface area contributed by atoms with E-state index >= 15 is 0 Å². The molecule has 0 radical (unpaired) electrons. The van der Waals surface area contributed by atoms with E-state index in [1.807, 2.05) is 60.7 Å². The molecule has 2 aromatic rings. The summed E-state index contributed by atoms with van der Waals surface area (Å²) in [6, 6.07) is 19.7. The van der Waals surface area contributed by atoms with Gasteiger partial charge in [0.05, 0.1) is 25.2 Å². The summed E-state index contributed by atoms with van der Waals surface area (Å²) in [6.07, 6.45) is -2.62. The van der Waals surface area contributed by atoms with Crippen LogP contribution in [0.5, 0.6) is 0 Å². The van der Waals surface area contributed by atoms with Crippen LogP contribution >= 0.6 is 0 Å². The zero-order valence-electron chi connectivity index (χ0n) is 15.6. The zero-order valence-corrected chi connectivity index (χ0v) is 15.6. The van der Waals surface area contributed by atoms with Crippen LogP contribution < -0.4 is 0 Å². The molecule has 2 saturated heterocycles. The van der Waals surface area contributed by atoms with Gasteiger partial charge in [-0.15, -0.1) is 0 Å². The van der Waals surface area contributed by atoms with Crippen LogP contribution in [-0.4, -0.2) is 49.0 Å². The molecule has 5 rings (SSSR count). The highest BCUT2D eigenvalue weighted by Crippen LogP contribution is 2.61. The van der Waals surface area contributed by atoms with Crippen LogP contribution in [0.1, 0.15) is 17.4 Å². The fourth-order valence-electron chi connectivity index (χ4n) is 4.45. The zero-order chi connectivity index (χ0) is 19.1. The first-order valence-corrected chi connectivity index (χ1v) is 9.60. The summed E-state index contributed by atoms with van der Waals surface area (Å²) >= 11 is 0. The maximum absolute atomic E-state index is 10.9. The number of ether oxygens (including phenoxy) is 5. The second-order valence-corrected chi connectivity index (χ2v) is 7.51. The minimum Gasteiger partial charge on any atom is -0.389 e. The highest BCUT2D eigenvalue weighted by molar-refractivity contribution is 5.27. The number of methoxy groups -OCH3 is 1. The maximum atomic E-state index is 10.9. The average Bonchev–Trinajstić information content (AvgIpc) is 3.35. The summed E-state index contributed by atoms with van der Waals surface area (Å²) in [7, 11) is 1.59. The van der Waals surface area contributed by atoms with E-state index in [1.54, 1.807) is 7.11 Å². The van der Waals surface area contributed by atoms with Crippen LogP contribution in [0.4, 0.5) is 0 Å². The molecule has 1 N–H and O–H groups in total. The van der Waals surface area contributed by atoms with Crippen molar-refractivity contribution in [3.8, 4) is 0 Å². The van der Waals surface area contributed by atoms with Gasteiger partial charge in [0.25, 0.3) is 0 Å². The van der Waals surface area contributed by atoms with E-state index in [4.69, 9.17) is 23.7 Å². The molecular formula is C22H24O6. The Morgan fingerprint density at radius 2 is 1.79 bits per heavy atom. The first-order valence-electron chi connectivity index (χ1n) is 9.60. The van der Waals surface area contributed by atoms with Gasteiger partial charge in [0.1, 0.15) is 17.8 Å². The highest BCUT2D eigenvalue weighted by atomic mass is 16.8. The van der Waals surface area contributed by atoms with Gasteiger partial charge in [-0.1, -0.05) is 60.7 Å². The molecule has 1 spiro atoms. The Morgan fingerprint density at radius 3 is 2.50 bits per heavy atom. The molecule has 0 aromatic heterocycles. The molecule has 2 aliphatic heterocycles. The first-order chi connectivity index (χ1) is 13.7. The molecule has 6 nitrogen and oxygen atoms in total. The van der Waals surface area contributed by atoms with Crippen molar-refractivity contribution in [2.24, 2.45) is 5.92 Å². The second kappa shape index (κ2) is 7.22. The number of rotatable bonds is 5. The Hall–Kier alpha value is -1.80. The molecule has 3 aliphatic rings. The van der Waals surface area contributed by atoms with E-state index in [0.29, 0.717) is 13.2 Å². The third-order valence-electron chi connectivity index (χ3n) is 5.94. The van der Waals surface area contributed by atoms with Crippen LogP contribution in [-0.2, 0) is 30.3 Å². The first kappa shape index (κ1) is 18.2. The van der Waals surface area contributed by atoms with Crippen molar-refractivity contribution in [3.63, 3.8) is 0 Å². The van der Waals surface area contributed by atoms with Gasteiger partial charge in [0.15, 0.2) is 12.6 Å². The summed E-state index contributed by atoms with van der Waals surface area (Å²) in [6.45, 7) is 0.746. The normalized spacial score (nSPS) is 39.1. The molecule has 3 fully saturated rings. The molecule has 148 valence electrons. The number of hydrogen-bond acceptors (Lipinski definition) is 6. The van der Waals surface area contributed by atoms with Gasteiger partial charge in [0.2, 0.25) is 0 Å². The molecule has 0 bridgehead atoms. The van der Waals surface area contributed by atoms with Gasteiger partial charge in [-0.25, -0.2) is 0 Å². The molecule has 1 aliphatic carbocycles. The second-order valence-electron chi connectivity index (χ2n) is 7.51. The van der Waals surface area contributed by atoms with Crippen LogP contribution in [0.3, 0.4) is 0 Å². The molecule has 7 atom stereocenters. The fraction of sp³-hybridized carbons (Fsp3) is 0.455. The Labute approximate surface area is 163 Å². The quantitative estimate of drug-likeness (QED) is 0.854. The number of benzene rings is 2. The van der Waals surface area contributed by atoms with E-state index in [2.05, 4.69) is 0 Å². The summed E-state index contributed by atoms with van der Waals surface area (Å²) in [4.78, 5) is 0. The third kappa shape index (κ3) is 2.88. The highest BCUT2D eigenvalue weighted by Gasteiger charge is 2.79. The van der Waals surface area contributed by atoms with Crippen LogP contribution in [0.2, 0.25) is 0 Å². The lowest BCUT2D eigenvalue weighted by atomic mass is 10.0. The predicted octanol–water partition coefficient (Wildman–Crippen LogP) is 2.42. The van der Waals surface area contributed by atoms with Gasteiger partial charge in [-0.05, 0) is 5.56 Å². The lowest BCUT2D eigenvalue weighted by molar-refractivity contribution is -0.346. The Balaban J connectivity index is 1.36. The largest absolute Gasteiger partial charge is 0.389 e. The van der Waals surface area contributed by atoms with Crippen LogP contribution in [0.25, 0.3) is 0 Å². The van der Waals surface area contributed by atoms with Gasteiger partial charge >= 0.3 is 0 Å². The fourth-order valence-corrected chi connectivity index (χ4v) is 4.45. The maximum Gasteiger partial charge on any atom is 0.184 e. The van der Waals surface area contributed by atoms with Crippen molar-refractivity contribution in [2.75, 3.05) is 13.7 Å². The van der Waals surface area contributed by atoms with Crippen LogP contribution in [0, 0.1) is 5.92 Å². The molecular weight excluding hydrogens is 360 g/mol. The number of aliphatic hydroxyl groups excluding tert-OH is 1. The minimum atomic E-state index is -0.824. The van der Waals surface area contributed by atoms with Gasteiger partial charge in [0, 0.05) is 12.7 Å². The Morgan fingerprint density at radius 1 is 1.07 bits per heavy atom. The molecule has 0 amide bonds. The minimum absolute atomic E-state index is 0.227. The topological polar surface area (TPSA) is 66.4 Å². The van der Waals surface area contributed by atoms with E-state index in [0.717, 1.165) is 11.1 Å². The Bertz CT molecular complexity index is 799. The monoisotopic (exact) mass is 384 g/mol. The standard InChI is InChI=1S/C22H24O6/c1-24-21-18(25-12-14-8-4-2-5-9-14)17-19(23)22(17)16(27-21)13-26-20(28-22)15-10-6-3-7-11-15/h2-11,16-21,23H,12-13H2,1H3/t16?,17?,18?,19?,20?,21-,22?/m0/s1. The lowest BCUT2D eigenvalue weighted by Crippen LogP contribution is -2.56. The summed E-state index contributed by atoms with van der Waals surface area (Å²) in [5.74, 6) is -0.227. The molecule has 28 heavy (non-hydrogen) atoms. The summed E-state index contributed by atoms with van der Waals surface area (Å²) in [5.41, 5.74) is 1.15. The van der Waals surface area contributed by atoms with Crippen LogP contribution in [0.15, 0.2) is 60.7 Å². The predicted molar refractivity (Wildman–Crippen MR) is 99.1 cm³/mol. The molecule has 6 heteroatoms. The van der Waals surface area contributed by atoms with E-state index < -0.39 is 36.5 Å². The van der Waals surface area contributed by atoms with Crippen molar-refractivity contribution >= 4 is 0 Å². The van der Waals surface area contributed by atoms with E-state index in [1.165, 1.54) is 0 Å². The van der Waals surface area contributed by atoms with E-state index in [9.17, 15) is 5.11 Å². The van der Waals surface area contributed by atoms with E-state index in [-0.39, 0.29) is 5.92 Å². The molecule has 2 aromatic carbocycles. The number of aliphatic hydroxyl groups is 1. The molecule has 1 saturated carbocycles. The summed E-state index contributed by atoms with van der Waals surface area (Å²) in [5, 5.41) is 10.9.